The van der Waals surface area contributed by atoms with Gasteiger partial charge in [0.2, 0.25) is 5.95 Å². The second-order valence-corrected chi connectivity index (χ2v) is 8.43. The maximum atomic E-state index is 9.76. The number of aliphatic hydroxyl groups is 1. The van der Waals surface area contributed by atoms with Crippen LogP contribution >= 0.6 is 11.6 Å². The van der Waals surface area contributed by atoms with E-state index in [2.05, 4.69) is 43.7 Å². The fourth-order valence-electron chi connectivity index (χ4n) is 3.75. The van der Waals surface area contributed by atoms with Gasteiger partial charge in [0.05, 0.1) is 31.9 Å². The average Bonchev–Trinajstić information content (AvgIpc) is 3.38. The summed E-state index contributed by atoms with van der Waals surface area (Å²) in [5.74, 6) is 2.86. The fraction of sp³-hybridized carbons (Fsp3) is 0.440. The number of anilines is 2. The third kappa shape index (κ3) is 7.66. The van der Waals surface area contributed by atoms with E-state index in [-0.39, 0.29) is 12.6 Å². The zero-order valence-corrected chi connectivity index (χ0v) is 21.0. The lowest BCUT2D eigenvalue weighted by Crippen LogP contribution is -2.33. The van der Waals surface area contributed by atoms with Crippen molar-refractivity contribution >= 4 is 41.1 Å². The molecule has 0 radical (unpaired) electrons. The number of aliphatic hydroxyl groups excluding tert-OH is 1. The Labute approximate surface area is 212 Å². The minimum absolute atomic E-state index is 0.0203. The minimum atomic E-state index is 0.0203. The van der Waals surface area contributed by atoms with Gasteiger partial charge in [-0.2, -0.15) is 4.98 Å². The van der Waals surface area contributed by atoms with Crippen LogP contribution in [0.2, 0.25) is 0 Å². The van der Waals surface area contributed by atoms with Crippen LogP contribution in [0.3, 0.4) is 0 Å². The number of alkyl halides is 1. The van der Waals surface area contributed by atoms with Gasteiger partial charge in [0.25, 0.3) is 0 Å². The number of rotatable bonds is 13. The molecule has 1 aromatic rings. The zero-order chi connectivity index (χ0) is 25.0. The Morgan fingerprint density at radius 2 is 2.23 bits per heavy atom. The molecule has 3 N–H and O–H groups in total. The van der Waals surface area contributed by atoms with Crippen LogP contribution in [0.5, 0.6) is 0 Å². The SMILES string of the molecule is C=C(/C=C\C(=C/CCl)CNc1nc(N2CCCC2CO)ncc1C(=C)NCC1=NCCC=N1)OC. The van der Waals surface area contributed by atoms with Gasteiger partial charge in [-0.1, -0.05) is 25.3 Å². The molecule has 0 saturated carbocycles. The summed E-state index contributed by atoms with van der Waals surface area (Å²) >= 11 is 5.97. The number of methoxy groups -OCH3 is 1. The summed E-state index contributed by atoms with van der Waals surface area (Å²) in [5, 5.41) is 16.5. The normalized spacial score (nSPS) is 18.0. The van der Waals surface area contributed by atoms with E-state index >= 15 is 0 Å². The van der Waals surface area contributed by atoms with Gasteiger partial charge in [0, 0.05) is 50.0 Å². The highest BCUT2D eigenvalue weighted by molar-refractivity contribution is 6.19. The maximum Gasteiger partial charge on any atom is 0.227 e. The van der Waals surface area contributed by atoms with Gasteiger partial charge in [-0.15, -0.1) is 11.6 Å². The Bertz CT molecular complexity index is 1020. The van der Waals surface area contributed by atoms with E-state index in [0.29, 0.717) is 42.2 Å². The Morgan fingerprint density at radius 1 is 1.37 bits per heavy atom. The van der Waals surface area contributed by atoms with Crippen molar-refractivity contribution in [3.05, 3.63) is 54.5 Å². The average molecular weight is 500 g/mol. The summed E-state index contributed by atoms with van der Waals surface area (Å²) in [4.78, 5) is 20.2. The van der Waals surface area contributed by atoms with Crippen LogP contribution in [0.1, 0.15) is 24.8 Å². The number of aliphatic imine (C=N–C) groups is 2. The highest BCUT2D eigenvalue weighted by Crippen LogP contribution is 2.26. The molecule has 1 aromatic heterocycles. The van der Waals surface area contributed by atoms with E-state index in [4.69, 9.17) is 21.3 Å². The van der Waals surface area contributed by atoms with Crippen molar-refractivity contribution in [3.63, 3.8) is 0 Å². The molecule has 9 nitrogen and oxygen atoms in total. The van der Waals surface area contributed by atoms with Crippen molar-refractivity contribution in [2.24, 2.45) is 9.98 Å². The molecule has 10 heteroatoms. The van der Waals surface area contributed by atoms with Crippen molar-refractivity contribution in [1.82, 2.24) is 15.3 Å². The molecule has 1 fully saturated rings. The van der Waals surface area contributed by atoms with Crippen molar-refractivity contribution in [1.29, 1.82) is 0 Å². The summed E-state index contributed by atoms with van der Waals surface area (Å²) in [6.45, 7) is 10.6. The predicted octanol–water partition coefficient (Wildman–Crippen LogP) is 3.16. The first-order valence-electron chi connectivity index (χ1n) is 11.7. The van der Waals surface area contributed by atoms with E-state index in [0.717, 1.165) is 49.3 Å². The lowest BCUT2D eigenvalue weighted by atomic mass is 10.2. The fourth-order valence-corrected chi connectivity index (χ4v) is 3.95. The van der Waals surface area contributed by atoms with Crippen LogP contribution in [-0.4, -0.2) is 78.9 Å². The third-order valence-electron chi connectivity index (χ3n) is 5.74. The standard InChI is InChI=1S/C25H34ClN7O2/c1-18(35-3)7-8-20(9-10-26)14-30-24-22(19(2)29-16-23-27-11-5-12-28-23)15-31-25(32-24)33-13-4-6-21(33)17-34/h7-9,11,15,21,29,34H,1-2,4-6,10,12-14,16-17H2,3H3,(H,30,31,32)/b8-7-,20-9+. The van der Waals surface area contributed by atoms with Crippen LogP contribution in [0.15, 0.2) is 58.9 Å². The molecule has 3 heterocycles. The van der Waals surface area contributed by atoms with E-state index in [1.807, 2.05) is 18.4 Å². The second-order valence-electron chi connectivity index (χ2n) is 8.13. The van der Waals surface area contributed by atoms with Crippen LogP contribution in [0, 0.1) is 0 Å². The minimum Gasteiger partial charge on any atom is -0.497 e. The topological polar surface area (TPSA) is 107 Å². The Morgan fingerprint density at radius 3 is 2.94 bits per heavy atom. The van der Waals surface area contributed by atoms with E-state index in [1.54, 1.807) is 19.4 Å². The van der Waals surface area contributed by atoms with Gasteiger partial charge in [0.1, 0.15) is 17.4 Å². The molecule has 1 atom stereocenters. The number of ether oxygens (including phenoxy) is 1. The number of aromatic nitrogens is 2. The van der Waals surface area contributed by atoms with Gasteiger partial charge >= 0.3 is 0 Å². The smallest absolute Gasteiger partial charge is 0.227 e. The molecule has 3 rings (SSSR count). The highest BCUT2D eigenvalue weighted by Gasteiger charge is 2.26. The molecule has 2 aliphatic rings. The Hall–Kier alpha value is -3.17. The second kappa shape index (κ2) is 13.7. The van der Waals surface area contributed by atoms with Crippen LogP contribution in [-0.2, 0) is 4.74 Å². The quantitative estimate of drug-likeness (QED) is 0.217. The van der Waals surface area contributed by atoms with Gasteiger partial charge in [-0.3, -0.25) is 4.99 Å². The summed E-state index contributed by atoms with van der Waals surface area (Å²) in [5.41, 5.74) is 2.35. The van der Waals surface area contributed by atoms with Crippen molar-refractivity contribution in [3.8, 4) is 0 Å². The first kappa shape index (κ1) is 26.4. The largest absolute Gasteiger partial charge is 0.497 e. The first-order chi connectivity index (χ1) is 17.0. The van der Waals surface area contributed by atoms with E-state index in [1.165, 1.54) is 0 Å². The molecule has 0 amide bonds. The number of hydrogen-bond donors (Lipinski definition) is 3. The number of nitrogens with zero attached hydrogens (tertiary/aromatic N) is 5. The molecule has 1 saturated heterocycles. The van der Waals surface area contributed by atoms with Crippen LogP contribution in [0.4, 0.5) is 11.8 Å². The highest BCUT2D eigenvalue weighted by atomic mass is 35.5. The van der Waals surface area contributed by atoms with Gasteiger partial charge < -0.3 is 25.4 Å². The third-order valence-corrected chi connectivity index (χ3v) is 5.90. The lowest BCUT2D eigenvalue weighted by molar-refractivity contribution is 0.265. The van der Waals surface area contributed by atoms with Crippen LogP contribution < -0.4 is 15.5 Å². The van der Waals surface area contributed by atoms with Crippen molar-refractivity contribution in [2.75, 3.05) is 56.0 Å². The Balaban J connectivity index is 1.82. The van der Waals surface area contributed by atoms with Crippen molar-refractivity contribution in [2.45, 2.75) is 25.3 Å². The number of halogens is 1. The number of nitrogens with one attached hydrogen (secondary N) is 2. The number of hydrogen-bond acceptors (Lipinski definition) is 9. The van der Waals surface area contributed by atoms with Crippen LogP contribution in [0.25, 0.3) is 5.70 Å². The summed E-state index contributed by atoms with van der Waals surface area (Å²) < 4.78 is 5.11. The Kier molecular flexibility index (Phi) is 10.3. The first-order valence-corrected chi connectivity index (χ1v) is 12.2. The van der Waals surface area contributed by atoms with E-state index < -0.39 is 0 Å². The molecule has 0 aromatic carbocycles. The molecule has 0 spiro atoms. The molecule has 1 unspecified atom stereocenters. The summed E-state index contributed by atoms with van der Waals surface area (Å²) in [6.07, 6.45) is 12.0. The predicted molar refractivity (Wildman–Crippen MR) is 145 cm³/mol. The number of amidine groups is 1. The molecule has 0 aliphatic carbocycles. The van der Waals surface area contributed by atoms with Gasteiger partial charge in [0.15, 0.2) is 0 Å². The number of allylic oxidation sites excluding steroid dienone is 2. The summed E-state index contributed by atoms with van der Waals surface area (Å²) in [7, 11) is 1.57. The molecule has 35 heavy (non-hydrogen) atoms. The zero-order valence-electron chi connectivity index (χ0n) is 20.2. The molecular formula is C25H34ClN7O2. The summed E-state index contributed by atoms with van der Waals surface area (Å²) in [6, 6.07) is 0.0203. The monoisotopic (exact) mass is 499 g/mol. The van der Waals surface area contributed by atoms with Crippen molar-refractivity contribution < 1.29 is 9.84 Å². The maximum absolute atomic E-state index is 9.76. The molecule has 0 bridgehead atoms. The van der Waals surface area contributed by atoms with Gasteiger partial charge in [-0.25, -0.2) is 9.98 Å². The molecule has 188 valence electrons. The van der Waals surface area contributed by atoms with E-state index in [9.17, 15) is 5.11 Å². The molecule has 2 aliphatic heterocycles. The lowest BCUT2D eigenvalue weighted by Gasteiger charge is -2.24. The molecular weight excluding hydrogens is 466 g/mol. The van der Waals surface area contributed by atoms with Gasteiger partial charge in [-0.05, 0) is 24.5 Å².